The molecule has 0 aromatic carbocycles. The predicted octanol–water partition coefficient (Wildman–Crippen LogP) is 0.864. The lowest BCUT2D eigenvalue weighted by Crippen LogP contribution is -2.45. The summed E-state index contributed by atoms with van der Waals surface area (Å²) < 4.78 is 35.5. The summed E-state index contributed by atoms with van der Waals surface area (Å²) in [4.78, 5) is 21.6. The third-order valence-electron chi connectivity index (χ3n) is 1.53. The van der Waals surface area contributed by atoms with Gasteiger partial charge in [0.2, 0.25) is 0 Å². The molecule has 0 aromatic rings. The van der Waals surface area contributed by atoms with E-state index in [1.54, 1.807) is 0 Å². The Hall–Kier alpha value is -1.33. The van der Waals surface area contributed by atoms with Crippen molar-refractivity contribution in [2.24, 2.45) is 0 Å². The molecule has 0 saturated carbocycles. The SMILES string of the molecule is O=C1C=CCCN1C(=O)C(F)(F)F. The van der Waals surface area contributed by atoms with Crippen LogP contribution in [0.15, 0.2) is 12.2 Å². The summed E-state index contributed by atoms with van der Waals surface area (Å²) in [7, 11) is 0. The first-order chi connectivity index (χ1) is 5.93. The van der Waals surface area contributed by atoms with Gasteiger partial charge in [0.1, 0.15) is 0 Å². The number of hydrogen-bond donors (Lipinski definition) is 0. The molecule has 0 bridgehead atoms. The second-order valence-corrected chi connectivity index (χ2v) is 2.48. The summed E-state index contributed by atoms with van der Waals surface area (Å²) in [6, 6.07) is 0. The lowest BCUT2D eigenvalue weighted by atomic mass is 10.2. The Morgan fingerprint density at radius 2 is 2.08 bits per heavy atom. The van der Waals surface area contributed by atoms with Gasteiger partial charge in [-0.25, -0.2) is 0 Å². The monoisotopic (exact) mass is 193 g/mol. The highest BCUT2D eigenvalue weighted by molar-refractivity contribution is 6.03. The van der Waals surface area contributed by atoms with Gasteiger partial charge >= 0.3 is 12.1 Å². The Balaban J connectivity index is 2.78. The number of imide groups is 1. The van der Waals surface area contributed by atoms with Gasteiger partial charge in [-0.15, -0.1) is 0 Å². The normalized spacial score (nSPS) is 17.8. The van der Waals surface area contributed by atoms with E-state index in [1.807, 2.05) is 0 Å². The summed E-state index contributed by atoms with van der Waals surface area (Å²) in [5.74, 6) is -3.00. The van der Waals surface area contributed by atoms with Gasteiger partial charge in [0.25, 0.3) is 5.91 Å². The van der Waals surface area contributed by atoms with Crippen molar-refractivity contribution >= 4 is 11.8 Å². The van der Waals surface area contributed by atoms with E-state index in [4.69, 9.17) is 0 Å². The minimum atomic E-state index is -4.97. The first-order valence-corrected chi connectivity index (χ1v) is 3.52. The van der Waals surface area contributed by atoms with Gasteiger partial charge in [0.15, 0.2) is 0 Å². The molecule has 2 amide bonds. The standard InChI is InChI=1S/C7H6F3NO2/c8-7(9,10)6(13)11-4-2-1-3-5(11)12/h1,3H,2,4H2. The molecule has 6 heteroatoms. The van der Waals surface area contributed by atoms with E-state index >= 15 is 0 Å². The highest BCUT2D eigenvalue weighted by Gasteiger charge is 2.44. The zero-order valence-corrected chi connectivity index (χ0v) is 6.47. The Morgan fingerprint density at radius 1 is 1.46 bits per heavy atom. The molecule has 0 spiro atoms. The van der Waals surface area contributed by atoms with E-state index < -0.39 is 18.0 Å². The van der Waals surface area contributed by atoms with Gasteiger partial charge in [-0.2, -0.15) is 13.2 Å². The van der Waals surface area contributed by atoms with E-state index in [1.165, 1.54) is 6.08 Å². The maximum Gasteiger partial charge on any atom is 0.471 e. The van der Waals surface area contributed by atoms with Crippen LogP contribution < -0.4 is 0 Å². The van der Waals surface area contributed by atoms with Crippen molar-refractivity contribution in [1.29, 1.82) is 0 Å². The van der Waals surface area contributed by atoms with Crippen LogP contribution in [0.25, 0.3) is 0 Å². The molecule has 0 radical (unpaired) electrons. The molecule has 1 rings (SSSR count). The first kappa shape index (κ1) is 9.76. The number of carbonyl (C=O) groups is 2. The van der Waals surface area contributed by atoms with Crippen LogP contribution in [0.1, 0.15) is 6.42 Å². The minimum absolute atomic E-state index is 0.194. The summed E-state index contributed by atoms with van der Waals surface area (Å²) in [5, 5.41) is 0. The molecule has 0 fully saturated rings. The van der Waals surface area contributed by atoms with E-state index in [2.05, 4.69) is 0 Å². The third-order valence-corrected chi connectivity index (χ3v) is 1.53. The lowest BCUT2D eigenvalue weighted by Gasteiger charge is -2.22. The molecule has 1 aliphatic rings. The Labute approximate surface area is 71.8 Å². The zero-order valence-electron chi connectivity index (χ0n) is 6.47. The fourth-order valence-electron chi connectivity index (χ4n) is 0.943. The van der Waals surface area contributed by atoms with Gasteiger partial charge in [-0.3, -0.25) is 14.5 Å². The van der Waals surface area contributed by atoms with E-state index in [0.29, 0.717) is 0 Å². The lowest BCUT2D eigenvalue weighted by molar-refractivity contribution is -0.186. The summed E-state index contributed by atoms with van der Waals surface area (Å²) in [5.41, 5.74) is 0. The number of nitrogens with zero attached hydrogens (tertiary/aromatic N) is 1. The van der Waals surface area contributed by atoms with Crippen LogP contribution in [0.2, 0.25) is 0 Å². The maximum atomic E-state index is 11.8. The van der Waals surface area contributed by atoms with Crippen molar-refractivity contribution in [3.63, 3.8) is 0 Å². The molecule has 0 unspecified atom stereocenters. The van der Waals surface area contributed by atoms with Crippen LogP contribution >= 0.6 is 0 Å². The van der Waals surface area contributed by atoms with Gasteiger partial charge < -0.3 is 0 Å². The van der Waals surface area contributed by atoms with E-state index in [0.717, 1.165) is 6.08 Å². The van der Waals surface area contributed by atoms with Crippen molar-refractivity contribution in [2.75, 3.05) is 6.54 Å². The summed E-state index contributed by atoms with van der Waals surface area (Å²) in [6.45, 7) is -0.201. The largest absolute Gasteiger partial charge is 0.471 e. The molecule has 1 heterocycles. The topological polar surface area (TPSA) is 37.4 Å². The van der Waals surface area contributed by atoms with Crippen LogP contribution in [0.3, 0.4) is 0 Å². The van der Waals surface area contributed by atoms with Gasteiger partial charge in [-0.1, -0.05) is 6.08 Å². The smallest absolute Gasteiger partial charge is 0.271 e. The Kier molecular flexibility index (Phi) is 2.40. The average Bonchev–Trinajstić information content (AvgIpc) is 2.02. The highest BCUT2D eigenvalue weighted by Crippen LogP contribution is 2.19. The fraction of sp³-hybridized carbons (Fsp3) is 0.429. The number of rotatable bonds is 0. The molecule has 0 aromatic heterocycles. The Bertz CT molecular complexity index is 269. The molecule has 0 N–H and O–H groups in total. The number of carbonyl (C=O) groups excluding carboxylic acids is 2. The fourth-order valence-corrected chi connectivity index (χ4v) is 0.943. The molecule has 72 valence electrons. The van der Waals surface area contributed by atoms with Crippen molar-refractivity contribution in [1.82, 2.24) is 4.90 Å². The van der Waals surface area contributed by atoms with Crippen LogP contribution in [-0.4, -0.2) is 29.4 Å². The number of amides is 2. The number of halogens is 3. The second-order valence-electron chi connectivity index (χ2n) is 2.48. The van der Waals surface area contributed by atoms with Crippen molar-refractivity contribution in [3.05, 3.63) is 12.2 Å². The third kappa shape index (κ3) is 2.07. The summed E-state index contributed by atoms with van der Waals surface area (Å²) in [6.07, 6.45) is -2.30. The van der Waals surface area contributed by atoms with Gasteiger partial charge in [-0.05, 0) is 12.5 Å². The highest BCUT2D eigenvalue weighted by atomic mass is 19.4. The van der Waals surface area contributed by atoms with Crippen LogP contribution in [0, 0.1) is 0 Å². The Morgan fingerprint density at radius 3 is 2.54 bits per heavy atom. The second kappa shape index (κ2) is 3.20. The molecule has 0 saturated heterocycles. The van der Waals surface area contributed by atoms with Crippen LogP contribution in [-0.2, 0) is 9.59 Å². The molecule has 0 aliphatic carbocycles. The van der Waals surface area contributed by atoms with E-state index in [9.17, 15) is 22.8 Å². The molecular formula is C7H6F3NO2. The average molecular weight is 193 g/mol. The summed E-state index contributed by atoms with van der Waals surface area (Å²) >= 11 is 0. The maximum absolute atomic E-state index is 11.8. The number of alkyl halides is 3. The molecule has 13 heavy (non-hydrogen) atoms. The van der Waals surface area contributed by atoms with Gasteiger partial charge in [0, 0.05) is 6.54 Å². The molecule has 1 aliphatic heterocycles. The first-order valence-electron chi connectivity index (χ1n) is 3.52. The quantitative estimate of drug-likeness (QED) is 0.572. The zero-order chi connectivity index (χ0) is 10.1. The molecule has 0 atom stereocenters. The minimum Gasteiger partial charge on any atom is -0.271 e. The van der Waals surface area contributed by atoms with E-state index in [-0.39, 0.29) is 17.9 Å². The molecule has 3 nitrogen and oxygen atoms in total. The van der Waals surface area contributed by atoms with Crippen molar-refractivity contribution in [3.8, 4) is 0 Å². The van der Waals surface area contributed by atoms with Crippen LogP contribution in [0.5, 0.6) is 0 Å². The van der Waals surface area contributed by atoms with Crippen molar-refractivity contribution < 1.29 is 22.8 Å². The van der Waals surface area contributed by atoms with Gasteiger partial charge in [0.05, 0.1) is 0 Å². The number of hydrogen-bond acceptors (Lipinski definition) is 2. The van der Waals surface area contributed by atoms with Crippen molar-refractivity contribution in [2.45, 2.75) is 12.6 Å². The van der Waals surface area contributed by atoms with Crippen LogP contribution in [0.4, 0.5) is 13.2 Å². The molecular weight excluding hydrogens is 187 g/mol. The predicted molar refractivity (Wildman–Crippen MR) is 36.5 cm³/mol.